The molecule has 0 aromatic carbocycles. The van der Waals surface area contributed by atoms with Crippen LogP contribution in [0.25, 0.3) is 0 Å². The second-order valence-electron chi connectivity index (χ2n) is 6.26. The molecule has 0 saturated carbocycles. The fourth-order valence-electron chi connectivity index (χ4n) is 3.18. The number of aromatic nitrogens is 2. The van der Waals surface area contributed by atoms with E-state index in [-0.39, 0.29) is 5.92 Å². The van der Waals surface area contributed by atoms with E-state index in [1.807, 2.05) is 37.8 Å². The molecular weight excluding hydrogens is 292 g/mol. The van der Waals surface area contributed by atoms with E-state index in [2.05, 4.69) is 16.2 Å². The number of nitrogens with zero attached hydrogens (tertiary/aromatic N) is 4. The highest BCUT2D eigenvalue weighted by Crippen LogP contribution is 2.29. The maximum absolute atomic E-state index is 10.4. The number of aryl methyl sites for hydroxylation is 3. The number of aliphatic hydroxyl groups excluding tert-OH is 1. The van der Waals surface area contributed by atoms with Crippen LogP contribution in [0.4, 0.5) is 5.82 Å². The summed E-state index contributed by atoms with van der Waals surface area (Å²) < 4.78 is 5.25. The molecule has 0 spiro atoms. The summed E-state index contributed by atoms with van der Waals surface area (Å²) in [5, 5.41) is 23.7. The Morgan fingerprint density at radius 3 is 2.74 bits per heavy atom. The Hall–Kier alpha value is -2.39. The maximum atomic E-state index is 10.4. The van der Waals surface area contributed by atoms with E-state index in [4.69, 9.17) is 4.52 Å². The predicted octanol–water partition coefficient (Wildman–Crippen LogP) is 1.91. The van der Waals surface area contributed by atoms with Gasteiger partial charge in [-0.05, 0) is 32.4 Å². The number of anilines is 1. The van der Waals surface area contributed by atoms with Crippen molar-refractivity contribution in [2.45, 2.75) is 33.3 Å². The lowest BCUT2D eigenvalue weighted by atomic mass is 10.0. The monoisotopic (exact) mass is 312 g/mol. The minimum atomic E-state index is -0.477. The summed E-state index contributed by atoms with van der Waals surface area (Å²) in [7, 11) is 0. The molecule has 1 fully saturated rings. The predicted molar refractivity (Wildman–Crippen MR) is 85.1 cm³/mol. The van der Waals surface area contributed by atoms with Crippen molar-refractivity contribution in [3.8, 4) is 6.07 Å². The molecule has 1 aliphatic rings. The lowest BCUT2D eigenvalue weighted by Gasteiger charge is -2.19. The molecule has 23 heavy (non-hydrogen) atoms. The van der Waals surface area contributed by atoms with Crippen molar-refractivity contribution in [3.05, 3.63) is 40.4 Å². The maximum Gasteiger partial charge on any atom is 0.147 e. The molecule has 2 aromatic rings. The summed E-state index contributed by atoms with van der Waals surface area (Å²) in [4.78, 5) is 6.52. The highest BCUT2D eigenvalue weighted by atomic mass is 16.5. The molecule has 3 rings (SSSR count). The molecule has 0 bridgehead atoms. The lowest BCUT2D eigenvalue weighted by Crippen LogP contribution is -2.23. The third-order valence-corrected chi connectivity index (χ3v) is 4.28. The average molecular weight is 312 g/mol. The SMILES string of the molecule is Cc1cc(C[C@@H]2CN(c3nc(C)cc(C)c3C#N)C[C@H]2O)on1. The lowest BCUT2D eigenvalue weighted by molar-refractivity contribution is 0.143. The second-order valence-corrected chi connectivity index (χ2v) is 6.26. The molecule has 2 aromatic heterocycles. The van der Waals surface area contributed by atoms with Gasteiger partial charge in [0.2, 0.25) is 0 Å². The zero-order chi connectivity index (χ0) is 16.6. The molecule has 0 aliphatic carbocycles. The molecule has 0 radical (unpaired) electrons. The van der Waals surface area contributed by atoms with Gasteiger partial charge in [0.15, 0.2) is 0 Å². The number of pyridine rings is 1. The third-order valence-electron chi connectivity index (χ3n) is 4.28. The summed E-state index contributed by atoms with van der Waals surface area (Å²) >= 11 is 0. The second kappa shape index (κ2) is 6.01. The van der Waals surface area contributed by atoms with Crippen molar-refractivity contribution in [2.75, 3.05) is 18.0 Å². The van der Waals surface area contributed by atoms with Crippen LogP contribution >= 0.6 is 0 Å². The van der Waals surface area contributed by atoms with Crippen molar-refractivity contribution in [3.63, 3.8) is 0 Å². The number of hydrogen-bond donors (Lipinski definition) is 1. The van der Waals surface area contributed by atoms with Crippen LogP contribution in [-0.2, 0) is 6.42 Å². The average Bonchev–Trinajstić information content (AvgIpc) is 3.05. The summed E-state index contributed by atoms with van der Waals surface area (Å²) in [6.07, 6.45) is 0.153. The van der Waals surface area contributed by atoms with Crippen molar-refractivity contribution in [1.82, 2.24) is 10.1 Å². The van der Waals surface area contributed by atoms with Crippen LogP contribution in [0.5, 0.6) is 0 Å². The third kappa shape index (κ3) is 3.06. The van der Waals surface area contributed by atoms with Crippen molar-refractivity contribution >= 4 is 5.82 Å². The Kier molecular flexibility index (Phi) is 4.05. The van der Waals surface area contributed by atoms with Crippen LogP contribution < -0.4 is 4.90 Å². The molecule has 2 atom stereocenters. The first-order valence-electron chi connectivity index (χ1n) is 7.71. The minimum absolute atomic E-state index is 0.0384. The topological polar surface area (TPSA) is 86.2 Å². The van der Waals surface area contributed by atoms with Gasteiger partial charge in [0, 0.05) is 37.2 Å². The van der Waals surface area contributed by atoms with Gasteiger partial charge in [0.1, 0.15) is 17.6 Å². The molecule has 6 nitrogen and oxygen atoms in total. The minimum Gasteiger partial charge on any atom is -0.391 e. The van der Waals surface area contributed by atoms with Crippen LogP contribution in [0.3, 0.4) is 0 Å². The van der Waals surface area contributed by atoms with E-state index in [0.717, 1.165) is 22.7 Å². The quantitative estimate of drug-likeness (QED) is 0.931. The first-order chi connectivity index (χ1) is 11.0. The van der Waals surface area contributed by atoms with Crippen molar-refractivity contribution < 1.29 is 9.63 Å². The van der Waals surface area contributed by atoms with Crippen LogP contribution in [0.15, 0.2) is 16.7 Å². The van der Waals surface area contributed by atoms with Gasteiger partial charge >= 0.3 is 0 Å². The van der Waals surface area contributed by atoms with E-state index in [0.29, 0.717) is 30.9 Å². The zero-order valence-electron chi connectivity index (χ0n) is 13.6. The number of nitriles is 1. The molecule has 120 valence electrons. The van der Waals surface area contributed by atoms with Crippen LogP contribution in [0.2, 0.25) is 0 Å². The van der Waals surface area contributed by atoms with Crippen LogP contribution in [0.1, 0.15) is 28.3 Å². The number of β-amino-alcohol motifs (C(OH)–C–C–N with tert-alkyl or cyclic N) is 1. The number of aliphatic hydroxyl groups is 1. The van der Waals surface area contributed by atoms with E-state index in [9.17, 15) is 10.4 Å². The van der Waals surface area contributed by atoms with E-state index < -0.39 is 6.10 Å². The van der Waals surface area contributed by atoms with E-state index in [1.54, 1.807) is 0 Å². The summed E-state index contributed by atoms with van der Waals surface area (Å²) in [5.74, 6) is 1.49. The fraction of sp³-hybridized carbons (Fsp3) is 0.471. The van der Waals surface area contributed by atoms with Crippen molar-refractivity contribution in [1.29, 1.82) is 5.26 Å². The summed E-state index contributed by atoms with van der Waals surface area (Å²) in [6.45, 7) is 6.83. The number of rotatable bonds is 3. The standard InChI is InChI=1S/C17H20N4O2/c1-10-4-11(2)19-17(15(10)7-18)21-8-13(16(22)9-21)6-14-5-12(3)20-23-14/h4-5,13,16,22H,6,8-9H2,1-3H3/t13-,16-/m1/s1. The van der Waals surface area contributed by atoms with Gasteiger partial charge in [-0.15, -0.1) is 0 Å². The van der Waals surface area contributed by atoms with Gasteiger partial charge in [-0.3, -0.25) is 0 Å². The van der Waals surface area contributed by atoms with Crippen LogP contribution in [0, 0.1) is 38.0 Å². The normalized spacial score (nSPS) is 20.7. The summed E-state index contributed by atoms with van der Waals surface area (Å²) in [6, 6.07) is 6.04. The van der Waals surface area contributed by atoms with E-state index in [1.165, 1.54) is 0 Å². The Morgan fingerprint density at radius 1 is 1.30 bits per heavy atom. The van der Waals surface area contributed by atoms with Gasteiger partial charge < -0.3 is 14.5 Å². The highest BCUT2D eigenvalue weighted by Gasteiger charge is 2.34. The first kappa shape index (κ1) is 15.5. The molecule has 1 N–H and O–H groups in total. The van der Waals surface area contributed by atoms with Crippen LogP contribution in [-0.4, -0.2) is 34.4 Å². The zero-order valence-corrected chi connectivity index (χ0v) is 13.6. The van der Waals surface area contributed by atoms with Gasteiger partial charge in [0.05, 0.1) is 17.4 Å². The fourth-order valence-corrected chi connectivity index (χ4v) is 3.18. The van der Waals surface area contributed by atoms with Gasteiger partial charge in [-0.1, -0.05) is 5.16 Å². The van der Waals surface area contributed by atoms with Gasteiger partial charge in [0.25, 0.3) is 0 Å². The molecule has 1 aliphatic heterocycles. The molecule has 6 heteroatoms. The Bertz CT molecular complexity index is 762. The molecule has 0 amide bonds. The van der Waals surface area contributed by atoms with Crippen molar-refractivity contribution in [2.24, 2.45) is 5.92 Å². The smallest absolute Gasteiger partial charge is 0.147 e. The number of hydrogen-bond acceptors (Lipinski definition) is 6. The Labute approximate surface area is 135 Å². The Morgan fingerprint density at radius 2 is 2.09 bits per heavy atom. The molecule has 0 unspecified atom stereocenters. The molecule has 3 heterocycles. The van der Waals surface area contributed by atoms with Gasteiger partial charge in [-0.2, -0.15) is 5.26 Å². The molecule has 1 saturated heterocycles. The Balaban J connectivity index is 1.82. The highest BCUT2D eigenvalue weighted by molar-refractivity contribution is 5.58. The summed E-state index contributed by atoms with van der Waals surface area (Å²) in [5.41, 5.74) is 3.21. The first-order valence-corrected chi connectivity index (χ1v) is 7.71. The van der Waals surface area contributed by atoms with E-state index >= 15 is 0 Å². The largest absolute Gasteiger partial charge is 0.391 e. The molecular formula is C17H20N4O2. The van der Waals surface area contributed by atoms with Gasteiger partial charge in [-0.25, -0.2) is 4.98 Å².